The topological polar surface area (TPSA) is 117 Å². The molecule has 0 bridgehead atoms. The Hall–Kier alpha value is -3.31. The summed E-state index contributed by atoms with van der Waals surface area (Å²) >= 11 is 0. The third kappa shape index (κ3) is 5.20. The largest absolute Gasteiger partial charge is 0.490 e. The number of nitrogens with one attached hydrogen (secondary N) is 2. The van der Waals surface area contributed by atoms with Crippen molar-refractivity contribution in [1.29, 1.82) is 0 Å². The van der Waals surface area contributed by atoms with E-state index in [-0.39, 0.29) is 24.0 Å². The average molecular weight is 500 g/mol. The Morgan fingerprint density at radius 1 is 1.03 bits per heavy atom. The number of urea groups is 1. The van der Waals surface area contributed by atoms with E-state index in [1.807, 2.05) is 24.3 Å². The Labute approximate surface area is 204 Å². The third-order valence-electron chi connectivity index (χ3n) is 6.19. The van der Waals surface area contributed by atoms with Gasteiger partial charge in [0.25, 0.3) is 0 Å². The number of hydrogen-bond acceptors (Lipinski definition) is 6. The number of hydrogen-bond donors (Lipinski definition) is 2. The summed E-state index contributed by atoms with van der Waals surface area (Å²) < 4.78 is 38.9. The highest BCUT2D eigenvalue weighted by Gasteiger charge is 2.31. The number of para-hydroxylation sites is 2. The first-order valence-electron chi connectivity index (χ1n) is 11.9. The van der Waals surface area contributed by atoms with Crippen molar-refractivity contribution in [2.24, 2.45) is 0 Å². The Morgan fingerprint density at radius 2 is 1.80 bits per heavy atom. The van der Waals surface area contributed by atoms with Crippen molar-refractivity contribution < 1.29 is 22.7 Å². The van der Waals surface area contributed by atoms with Crippen molar-refractivity contribution in [1.82, 2.24) is 24.5 Å². The number of imidazole rings is 1. The third-order valence-corrected chi connectivity index (χ3v) is 8.08. The molecule has 1 aromatic heterocycles. The van der Waals surface area contributed by atoms with Gasteiger partial charge in [-0.2, -0.15) is 4.31 Å². The molecule has 3 heterocycles. The summed E-state index contributed by atoms with van der Waals surface area (Å²) in [5.41, 5.74) is 1.94. The zero-order valence-corrected chi connectivity index (χ0v) is 20.2. The van der Waals surface area contributed by atoms with Gasteiger partial charge in [-0.05, 0) is 30.7 Å². The van der Waals surface area contributed by atoms with Crippen LogP contribution in [-0.4, -0.2) is 79.6 Å². The van der Waals surface area contributed by atoms with Gasteiger partial charge < -0.3 is 24.7 Å². The van der Waals surface area contributed by atoms with E-state index in [0.717, 1.165) is 36.1 Å². The van der Waals surface area contributed by atoms with Crippen molar-refractivity contribution in [3.05, 3.63) is 48.3 Å². The van der Waals surface area contributed by atoms with Crippen LogP contribution in [0.3, 0.4) is 0 Å². The van der Waals surface area contributed by atoms with Crippen LogP contribution in [0.4, 0.5) is 4.79 Å². The number of piperazine rings is 1. The Balaban J connectivity index is 1.10. The number of aromatic amines is 1. The smallest absolute Gasteiger partial charge is 0.317 e. The van der Waals surface area contributed by atoms with Crippen molar-refractivity contribution in [3.63, 3.8) is 0 Å². The van der Waals surface area contributed by atoms with Gasteiger partial charge in [-0.3, -0.25) is 0 Å². The van der Waals surface area contributed by atoms with Crippen LogP contribution >= 0.6 is 0 Å². The maximum Gasteiger partial charge on any atom is 0.317 e. The Bertz CT molecular complexity index is 1270. The molecule has 2 N–H and O–H groups in total. The number of sulfonamides is 1. The highest BCUT2D eigenvalue weighted by molar-refractivity contribution is 7.89. The minimum Gasteiger partial charge on any atom is -0.490 e. The number of nitrogens with zero attached hydrogens (tertiary/aromatic N) is 3. The van der Waals surface area contributed by atoms with E-state index in [1.54, 1.807) is 17.0 Å². The molecule has 1 saturated heterocycles. The molecule has 3 aromatic rings. The second kappa shape index (κ2) is 10.1. The van der Waals surface area contributed by atoms with Gasteiger partial charge in [0.15, 0.2) is 11.5 Å². The van der Waals surface area contributed by atoms with Crippen molar-refractivity contribution in [2.45, 2.75) is 24.2 Å². The molecule has 0 radical (unpaired) electrons. The molecule has 2 aliphatic rings. The Kier molecular flexibility index (Phi) is 6.78. The number of benzene rings is 2. The van der Waals surface area contributed by atoms with Crippen LogP contribution in [0.2, 0.25) is 0 Å². The number of amides is 2. The van der Waals surface area contributed by atoms with E-state index in [9.17, 15) is 13.2 Å². The molecule has 5 rings (SSSR count). The summed E-state index contributed by atoms with van der Waals surface area (Å²) in [7, 11) is -3.69. The van der Waals surface area contributed by atoms with Gasteiger partial charge in [-0.15, -0.1) is 0 Å². The minimum atomic E-state index is -3.69. The fraction of sp³-hybridized carbons (Fsp3) is 0.417. The SMILES string of the molecule is O=C(NCCCc1nc2ccccc2[nH]1)N1CCN(S(=O)(=O)c2ccc3c(c2)OCCCO3)CC1. The standard InChI is InChI=1S/C24H29N5O5S/c30-24(25-10-3-7-23-26-19-5-1-2-6-20(19)27-23)28-11-13-29(14-12-28)35(31,32)18-8-9-21-22(17-18)34-16-4-15-33-21/h1-2,5-6,8-9,17H,3-4,7,10-16H2,(H,25,30)(H,26,27). The zero-order chi connectivity index (χ0) is 24.3. The fourth-order valence-corrected chi connectivity index (χ4v) is 5.71. The zero-order valence-electron chi connectivity index (χ0n) is 19.4. The second-order valence-corrected chi connectivity index (χ2v) is 10.5. The molecule has 2 aromatic carbocycles. The van der Waals surface area contributed by atoms with Crippen molar-refractivity contribution >= 4 is 27.1 Å². The molecular formula is C24H29N5O5S. The molecule has 186 valence electrons. The predicted octanol–water partition coefficient (Wildman–Crippen LogP) is 2.37. The van der Waals surface area contributed by atoms with E-state index < -0.39 is 10.0 Å². The number of aryl methyl sites for hydroxylation is 1. The average Bonchev–Trinajstić information content (AvgIpc) is 3.15. The number of H-pyrrole nitrogens is 1. The van der Waals surface area contributed by atoms with E-state index >= 15 is 0 Å². The first kappa shape index (κ1) is 23.4. The number of carbonyl (C=O) groups is 1. The van der Waals surface area contributed by atoms with Crippen LogP contribution in [0.1, 0.15) is 18.7 Å². The fourth-order valence-electron chi connectivity index (χ4n) is 4.27. The summed E-state index contributed by atoms with van der Waals surface area (Å²) in [6.45, 7) is 2.70. The second-order valence-electron chi connectivity index (χ2n) is 8.59. The molecule has 0 saturated carbocycles. The first-order chi connectivity index (χ1) is 17.0. The lowest BCUT2D eigenvalue weighted by Crippen LogP contribution is -2.53. The number of rotatable bonds is 6. The van der Waals surface area contributed by atoms with Crippen molar-refractivity contribution in [2.75, 3.05) is 45.9 Å². The Morgan fingerprint density at radius 3 is 2.60 bits per heavy atom. The van der Waals surface area contributed by atoms with Crippen LogP contribution < -0.4 is 14.8 Å². The van der Waals surface area contributed by atoms with Crippen LogP contribution in [0.25, 0.3) is 11.0 Å². The molecule has 0 spiro atoms. The van der Waals surface area contributed by atoms with Crippen molar-refractivity contribution in [3.8, 4) is 11.5 Å². The molecule has 0 atom stereocenters. The summed E-state index contributed by atoms with van der Waals surface area (Å²) in [6, 6.07) is 12.4. The number of ether oxygens (including phenoxy) is 2. The van der Waals surface area contributed by atoms with E-state index in [2.05, 4.69) is 15.3 Å². The molecule has 11 heteroatoms. The van der Waals surface area contributed by atoms with Gasteiger partial charge in [0.1, 0.15) is 5.82 Å². The predicted molar refractivity (Wildman–Crippen MR) is 130 cm³/mol. The monoisotopic (exact) mass is 499 g/mol. The molecule has 2 aliphatic heterocycles. The quantitative estimate of drug-likeness (QED) is 0.503. The maximum absolute atomic E-state index is 13.1. The molecule has 0 aliphatic carbocycles. The lowest BCUT2D eigenvalue weighted by atomic mass is 10.3. The molecule has 35 heavy (non-hydrogen) atoms. The van der Waals surface area contributed by atoms with Crippen LogP contribution in [0.15, 0.2) is 47.4 Å². The number of fused-ring (bicyclic) bond motifs is 2. The molecule has 1 fully saturated rings. The van der Waals surface area contributed by atoms with Gasteiger partial charge in [0.05, 0.1) is 29.1 Å². The van der Waals surface area contributed by atoms with E-state index in [0.29, 0.717) is 44.3 Å². The summed E-state index contributed by atoms with van der Waals surface area (Å²) in [6.07, 6.45) is 2.24. The van der Waals surface area contributed by atoms with E-state index in [4.69, 9.17) is 9.47 Å². The molecule has 0 unspecified atom stereocenters. The van der Waals surface area contributed by atoms with Gasteiger partial charge in [-0.1, -0.05) is 12.1 Å². The highest BCUT2D eigenvalue weighted by Crippen LogP contribution is 2.33. The number of aromatic nitrogens is 2. The summed E-state index contributed by atoms with van der Waals surface area (Å²) in [4.78, 5) is 22.2. The van der Waals surface area contributed by atoms with Gasteiger partial charge in [-0.25, -0.2) is 18.2 Å². The number of carbonyl (C=O) groups excluding carboxylic acids is 1. The van der Waals surface area contributed by atoms with Crippen LogP contribution in [0.5, 0.6) is 11.5 Å². The molecular weight excluding hydrogens is 470 g/mol. The van der Waals surface area contributed by atoms with Crippen LogP contribution in [-0.2, 0) is 16.4 Å². The first-order valence-corrected chi connectivity index (χ1v) is 13.3. The van der Waals surface area contributed by atoms with Gasteiger partial charge in [0, 0.05) is 51.6 Å². The molecule has 10 nitrogen and oxygen atoms in total. The maximum atomic E-state index is 13.1. The lowest BCUT2D eigenvalue weighted by molar-refractivity contribution is 0.172. The molecule has 2 amide bonds. The summed E-state index contributed by atoms with van der Waals surface area (Å²) in [5, 5.41) is 2.93. The summed E-state index contributed by atoms with van der Waals surface area (Å²) in [5.74, 6) is 1.90. The van der Waals surface area contributed by atoms with E-state index in [1.165, 1.54) is 10.4 Å². The lowest BCUT2D eigenvalue weighted by Gasteiger charge is -2.34. The van der Waals surface area contributed by atoms with Gasteiger partial charge >= 0.3 is 6.03 Å². The van der Waals surface area contributed by atoms with Crippen LogP contribution in [0, 0.1) is 0 Å². The minimum absolute atomic E-state index is 0.172. The van der Waals surface area contributed by atoms with Gasteiger partial charge in [0.2, 0.25) is 10.0 Å². The highest BCUT2D eigenvalue weighted by atomic mass is 32.2. The normalized spacial score (nSPS) is 16.7.